The number of rotatable bonds is 5. The number of benzene rings is 1. The second-order valence-corrected chi connectivity index (χ2v) is 3.87. The zero-order valence-electron chi connectivity index (χ0n) is 10.6. The summed E-state index contributed by atoms with van der Waals surface area (Å²) >= 11 is 0. The summed E-state index contributed by atoms with van der Waals surface area (Å²) in [7, 11) is 1.41. The number of ether oxygens (including phenoxy) is 2. The first-order valence-corrected chi connectivity index (χ1v) is 5.68. The Balaban J connectivity index is 2.80. The SMILES string of the molecule is CCc1ccc(OCC(C#N)C(F)(F)F)c(OC)c1. The molecular formula is C13H14F3NO2. The first kappa shape index (κ1) is 15.2. The van der Waals surface area contributed by atoms with Crippen molar-refractivity contribution in [1.82, 2.24) is 0 Å². The van der Waals surface area contributed by atoms with E-state index in [9.17, 15) is 13.2 Å². The van der Waals surface area contributed by atoms with Gasteiger partial charge >= 0.3 is 6.18 Å². The normalized spacial score (nSPS) is 12.6. The fourth-order valence-electron chi connectivity index (χ4n) is 1.43. The molecule has 0 fully saturated rings. The molecule has 1 aromatic rings. The van der Waals surface area contributed by atoms with Crippen LogP contribution in [0.2, 0.25) is 0 Å². The highest BCUT2D eigenvalue weighted by Crippen LogP contribution is 2.31. The number of halogens is 3. The molecule has 0 saturated heterocycles. The summed E-state index contributed by atoms with van der Waals surface area (Å²) < 4.78 is 47.3. The second kappa shape index (κ2) is 6.32. The smallest absolute Gasteiger partial charge is 0.407 e. The molecule has 3 nitrogen and oxygen atoms in total. The molecule has 1 atom stereocenters. The number of nitriles is 1. The molecule has 19 heavy (non-hydrogen) atoms. The van der Waals surface area contributed by atoms with E-state index in [0.717, 1.165) is 12.0 Å². The van der Waals surface area contributed by atoms with Crippen molar-refractivity contribution < 1.29 is 22.6 Å². The summed E-state index contributed by atoms with van der Waals surface area (Å²) in [4.78, 5) is 0. The Kier molecular flexibility index (Phi) is 5.04. The molecule has 0 spiro atoms. The van der Waals surface area contributed by atoms with E-state index in [1.165, 1.54) is 13.2 Å². The standard InChI is InChI=1S/C13H14F3NO2/c1-3-9-4-5-11(12(6-9)18-2)19-8-10(7-17)13(14,15)16/h4-6,10H,3,8H2,1-2H3. The monoisotopic (exact) mass is 273 g/mol. The maximum atomic E-state index is 12.4. The quantitative estimate of drug-likeness (QED) is 0.826. The lowest BCUT2D eigenvalue weighted by Gasteiger charge is -2.16. The van der Waals surface area contributed by atoms with Crippen LogP contribution in [0.1, 0.15) is 12.5 Å². The van der Waals surface area contributed by atoms with Crippen molar-refractivity contribution >= 4 is 0 Å². The van der Waals surface area contributed by atoms with E-state index >= 15 is 0 Å². The van der Waals surface area contributed by atoms with Crippen LogP contribution >= 0.6 is 0 Å². The Bertz CT molecular complexity index is 466. The Morgan fingerprint density at radius 1 is 1.32 bits per heavy atom. The highest BCUT2D eigenvalue weighted by molar-refractivity contribution is 5.43. The molecule has 1 aromatic carbocycles. The van der Waals surface area contributed by atoms with Crippen molar-refractivity contribution in [2.24, 2.45) is 5.92 Å². The average Bonchev–Trinajstić information content (AvgIpc) is 2.38. The lowest BCUT2D eigenvalue weighted by atomic mass is 10.1. The Morgan fingerprint density at radius 2 is 2.00 bits per heavy atom. The number of hydrogen-bond acceptors (Lipinski definition) is 3. The molecule has 6 heteroatoms. The molecular weight excluding hydrogens is 259 g/mol. The van der Waals surface area contributed by atoms with E-state index in [1.54, 1.807) is 18.2 Å². The van der Waals surface area contributed by atoms with E-state index < -0.39 is 18.7 Å². The second-order valence-electron chi connectivity index (χ2n) is 3.87. The van der Waals surface area contributed by atoms with Crippen LogP contribution in [0, 0.1) is 17.2 Å². The van der Waals surface area contributed by atoms with Gasteiger partial charge in [-0.2, -0.15) is 18.4 Å². The molecule has 0 amide bonds. The molecule has 1 unspecified atom stereocenters. The third-order valence-corrected chi connectivity index (χ3v) is 2.59. The zero-order valence-corrected chi connectivity index (χ0v) is 10.6. The van der Waals surface area contributed by atoms with Crippen LogP contribution in [-0.2, 0) is 6.42 Å². The minimum atomic E-state index is -4.59. The topological polar surface area (TPSA) is 42.2 Å². The van der Waals surface area contributed by atoms with Gasteiger partial charge in [0.15, 0.2) is 17.4 Å². The molecule has 0 heterocycles. The summed E-state index contributed by atoms with van der Waals surface area (Å²) in [6.45, 7) is 1.20. The Hall–Kier alpha value is -1.90. The Labute approximate surface area is 109 Å². The molecule has 1 rings (SSSR count). The van der Waals surface area contributed by atoms with Gasteiger partial charge < -0.3 is 9.47 Å². The average molecular weight is 273 g/mol. The van der Waals surface area contributed by atoms with Gasteiger partial charge in [-0.05, 0) is 24.1 Å². The van der Waals surface area contributed by atoms with E-state index in [4.69, 9.17) is 14.7 Å². The number of nitrogens with zero attached hydrogens (tertiary/aromatic N) is 1. The Morgan fingerprint density at radius 3 is 2.47 bits per heavy atom. The lowest BCUT2D eigenvalue weighted by molar-refractivity contribution is -0.165. The highest BCUT2D eigenvalue weighted by atomic mass is 19.4. The summed E-state index contributed by atoms with van der Waals surface area (Å²) in [6, 6.07) is 6.17. The van der Waals surface area contributed by atoms with Crippen molar-refractivity contribution in [2.75, 3.05) is 13.7 Å². The lowest BCUT2D eigenvalue weighted by Crippen LogP contribution is -2.27. The molecule has 0 aromatic heterocycles. The third kappa shape index (κ3) is 4.05. The summed E-state index contributed by atoms with van der Waals surface area (Å²) in [5.74, 6) is -1.59. The first-order chi connectivity index (χ1) is 8.92. The van der Waals surface area contributed by atoms with Crippen LogP contribution < -0.4 is 9.47 Å². The van der Waals surface area contributed by atoms with Crippen molar-refractivity contribution in [3.63, 3.8) is 0 Å². The van der Waals surface area contributed by atoms with Crippen LogP contribution in [0.5, 0.6) is 11.5 Å². The predicted molar refractivity (Wildman–Crippen MR) is 63.0 cm³/mol. The van der Waals surface area contributed by atoms with Gasteiger partial charge in [0.2, 0.25) is 0 Å². The van der Waals surface area contributed by atoms with E-state index in [0.29, 0.717) is 5.75 Å². The maximum Gasteiger partial charge on any atom is 0.407 e. The van der Waals surface area contributed by atoms with Crippen LogP contribution in [0.15, 0.2) is 18.2 Å². The van der Waals surface area contributed by atoms with Gasteiger partial charge in [0.25, 0.3) is 0 Å². The molecule has 0 aliphatic heterocycles. The first-order valence-electron chi connectivity index (χ1n) is 5.68. The zero-order chi connectivity index (χ0) is 14.5. The minimum Gasteiger partial charge on any atom is -0.493 e. The number of methoxy groups -OCH3 is 1. The minimum absolute atomic E-state index is 0.198. The van der Waals surface area contributed by atoms with E-state index in [1.807, 2.05) is 6.92 Å². The molecule has 0 aliphatic rings. The number of aryl methyl sites for hydroxylation is 1. The van der Waals surface area contributed by atoms with Crippen LogP contribution in [0.25, 0.3) is 0 Å². The third-order valence-electron chi connectivity index (χ3n) is 2.59. The van der Waals surface area contributed by atoms with Gasteiger partial charge in [0.05, 0.1) is 13.2 Å². The van der Waals surface area contributed by atoms with Crippen molar-refractivity contribution in [2.45, 2.75) is 19.5 Å². The van der Waals surface area contributed by atoms with Gasteiger partial charge in [-0.15, -0.1) is 0 Å². The van der Waals surface area contributed by atoms with Gasteiger partial charge in [-0.25, -0.2) is 0 Å². The van der Waals surface area contributed by atoms with E-state index in [-0.39, 0.29) is 5.75 Å². The summed E-state index contributed by atoms with van der Waals surface area (Å²) in [5.41, 5.74) is 0.983. The molecule has 0 N–H and O–H groups in total. The van der Waals surface area contributed by atoms with Gasteiger partial charge in [-0.1, -0.05) is 13.0 Å². The van der Waals surface area contributed by atoms with Crippen LogP contribution in [-0.4, -0.2) is 19.9 Å². The van der Waals surface area contributed by atoms with Crippen molar-refractivity contribution in [3.05, 3.63) is 23.8 Å². The molecule has 0 radical (unpaired) electrons. The number of hydrogen-bond donors (Lipinski definition) is 0. The van der Waals surface area contributed by atoms with Gasteiger partial charge in [-0.3, -0.25) is 0 Å². The van der Waals surface area contributed by atoms with Crippen molar-refractivity contribution in [3.8, 4) is 17.6 Å². The summed E-state index contributed by atoms with van der Waals surface area (Å²) in [5, 5.41) is 8.47. The van der Waals surface area contributed by atoms with E-state index in [2.05, 4.69) is 0 Å². The maximum absolute atomic E-state index is 12.4. The van der Waals surface area contributed by atoms with Crippen LogP contribution in [0.3, 0.4) is 0 Å². The summed E-state index contributed by atoms with van der Waals surface area (Å²) in [6.07, 6.45) is -3.81. The highest BCUT2D eigenvalue weighted by Gasteiger charge is 2.40. The fourth-order valence-corrected chi connectivity index (χ4v) is 1.43. The van der Waals surface area contributed by atoms with Crippen molar-refractivity contribution in [1.29, 1.82) is 5.26 Å². The largest absolute Gasteiger partial charge is 0.493 e. The predicted octanol–water partition coefficient (Wildman–Crippen LogP) is 3.34. The van der Waals surface area contributed by atoms with Gasteiger partial charge in [0.1, 0.15) is 6.61 Å². The fraction of sp³-hybridized carbons (Fsp3) is 0.462. The molecule has 104 valence electrons. The van der Waals surface area contributed by atoms with Gasteiger partial charge in [0, 0.05) is 0 Å². The van der Waals surface area contributed by atoms with Crippen LogP contribution in [0.4, 0.5) is 13.2 Å². The molecule has 0 saturated carbocycles. The number of alkyl halides is 3. The molecule has 0 bridgehead atoms. The molecule has 0 aliphatic carbocycles.